The quantitative estimate of drug-likeness (QED) is 0.672. The molecule has 2 amide bonds. The van der Waals surface area contributed by atoms with Crippen LogP contribution in [-0.2, 0) is 9.59 Å². The summed E-state index contributed by atoms with van der Waals surface area (Å²) in [7, 11) is 0. The third kappa shape index (κ3) is 5.49. The SMILES string of the molecule is CC(NC(C)C(=O)NC(C)(C)C)C(=O)NC1CC1. The van der Waals surface area contributed by atoms with E-state index in [1.807, 2.05) is 20.8 Å². The number of carbonyl (C=O) groups is 2. The Balaban J connectivity index is 2.35. The number of hydrogen-bond acceptors (Lipinski definition) is 3. The minimum Gasteiger partial charge on any atom is -0.352 e. The van der Waals surface area contributed by atoms with Crippen LogP contribution in [0.15, 0.2) is 0 Å². The molecule has 0 radical (unpaired) electrons. The number of nitrogens with one attached hydrogen (secondary N) is 3. The summed E-state index contributed by atoms with van der Waals surface area (Å²) in [5, 5.41) is 8.81. The van der Waals surface area contributed by atoms with Crippen LogP contribution < -0.4 is 16.0 Å². The highest BCUT2D eigenvalue weighted by atomic mass is 16.2. The highest BCUT2D eigenvalue weighted by Gasteiger charge is 2.27. The molecule has 0 aliphatic heterocycles. The molecule has 1 aliphatic carbocycles. The van der Waals surface area contributed by atoms with Gasteiger partial charge in [0.15, 0.2) is 0 Å². The van der Waals surface area contributed by atoms with Crippen molar-refractivity contribution < 1.29 is 9.59 Å². The Bertz CT molecular complexity index is 319. The second-order valence-corrected chi connectivity index (χ2v) is 6.13. The zero-order valence-electron chi connectivity index (χ0n) is 12.0. The van der Waals surface area contributed by atoms with Gasteiger partial charge in [-0.1, -0.05) is 0 Å². The third-order valence-electron chi connectivity index (χ3n) is 2.71. The maximum Gasteiger partial charge on any atom is 0.237 e. The van der Waals surface area contributed by atoms with E-state index in [4.69, 9.17) is 0 Å². The van der Waals surface area contributed by atoms with Gasteiger partial charge in [0.1, 0.15) is 0 Å². The topological polar surface area (TPSA) is 70.2 Å². The van der Waals surface area contributed by atoms with Crippen molar-refractivity contribution in [1.29, 1.82) is 0 Å². The zero-order chi connectivity index (χ0) is 13.9. The fourth-order valence-electron chi connectivity index (χ4n) is 1.56. The van der Waals surface area contributed by atoms with Gasteiger partial charge in [-0.3, -0.25) is 14.9 Å². The first kappa shape index (κ1) is 15.0. The van der Waals surface area contributed by atoms with Crippen LogP contribution in [-0.4, -0.2) is 35.5 Å². The molecular formula is C13H25N3O2. The van der Waals surface area contributed by atoms with Crippen molar-refractivity contribution in [2.75, 3.05) is 0 Å². The molecule has 5 heteroatoms. The molecule has 0 aromatic rings. The summed E-state index contributed by atoms with van der Waals surface area (Å²) >= 11 is 0. The highest BCUT2D eigenvalue weighted by molar-refractivity contribution is 5.85. The summed E-state index contributed by atoms with van der Waals surface area (Å²) in [6.07, 6.45) is 2.14. The first-order valence-electron chi connectivity index (χ1n) is 6.57. The van der Waals surface area contributed by atoms with Gasteiger partial charge >= 0.3 is 0 Å². The van der Waals surface area contributed by atoms with Crippen LogP contribution in [0.25, 0.3) is 0 Å². The van der Waals surface area contributed by atoms with Crippen LogP contribution in [0, 0.1) is 0 Å². The minimum absolute atomic E-state index is 0.0343. The predicted octanol–water partition coefficient (Wildman–Crippen LogP) is 0.546. The normalized spacial score (nSPS) is 18.9. The lowest BCUT2D eigenvalue weighted by atomic mass is 10.1. The lowest BCUT2D eigenvalue weighted by Gasteiger charge is -2.25. The maximum absolute atomic E-state index is 11.8. The van der Waals surface area contributed by atoms with Gasteiger partial charge in [0.05, 0.1) is 12.1 Å². The molecule has 1 rings (SSSR count). The van der Waals surface area contributed by atoms with Gasteiger partial charge in [-0.2, -0.15) is 0 Å². The van der Waals surface area contributed by atoms with Crippen molar-refractivity contribution in [3.05, 3.63) is 0 Å². The Hall–Kier alpha value is -1.10. The van der Waals surface area contributed by atoms with E-state index in [0.717, 1.165) is 12.8 Å². The molecule has 104 valence electrons. The number of carbonyl (C=O) groups excluding carboxylic acids is 2. The molecule has 2 unspecified atom stereocenters. The molecular weight excluding hydrogens is 230 g/mol. The van der Waals surface area contributed by atoms with Gasteiger partial charge in [-0.15, -0.1) is 0 Å². The summed E-state index contributed by atoms with van der Waals surface area (Å²) in [5.74, 6) is -0.124. The van der Waals surface area contributed by atoms with Gasteiger partial charge in [0.2, 0.25) is 11.8 Å². The standard InChI is InChI=1S/C13H25N3O2/c1-8(11(17)15-10-6-7-10)14-9(2)12(18)16-13(3,4)5/h8-10,14H,6-7H2,1-5H3,(H,15,17)(H,16,18). The van der Waals surface area contributed by atoms with E-state index in [2.05, 4.69) is 16.0 Å². The van der Waals surface area contributed by atoms with Crippen LogP contribution in [0.1, 0.15) is 47.5 Å². The number of amides is 2. The maximum atomic E-state index is 11.8. The van der Waals surface area contributed by atoms with Crippen molar-refractivity contribution in [1.82, 2.24) is 16.0 Å². The van der Waals surface area contributed by atoms with Gasteiger partial charge in [-0.25, -0.2) is 0 Å². The van der Waals surface area contributed by atoms with Crippen LogP contribution in [0.4, 0.5) is 0 Å². The van der Waals surface area contributed by atoms with Gasteiger partial charge in [0.25, 0.3) is 0 Å². The third-order valence-corrected chi connectivity index (χ3v) is 2.71. The van der Waals surface area contributed by atoms with Crippen LogP contribution in [0.2, 0.25) is 0 Å². The first-order chi connectivity index (χ1) is 8.19. The van der Waals surface area contributed by atoms with Crippen molar-refractivity contribution in [3.8, 4) is 0 Å². The van der Waals surface area contributed by atoms with Gasteiger partial charge in [-0.05, 0) is 47.5 Å². The van der Waals surface area contributed by atoms with Crippen molar-refractivity contribution in [2.24, 2.45) is 0 Å². The smallest absolute Gasteiger partial charge is 0.237 e. The van der Waals surface area contributed by atoms with E-state index in [-0.39, 0.29) is 29.4 Å². The second-order valence-electron chi connectivity index (χ2n) is 6.13. The average Bonchev–Trinajstić information content (AvgIpc) is 2.98. The summed E-state index contributed by atoms with van der Waals surface area (Å²) in [4.78, 5) is 23.6. The molecule has 0 aromatic heterocycles. The Labute approximate surface area is 109 Å². The number of rotatable bonds is 5. The molecule has 1 saturated carbocycles. The molecule has 1 aliphatic rings. The number of hydrogen-bond donors (Lipinski definition) is 3. The lowest BCUT2D eigenvalue weighted by molar-refractivity contribution is -0.126. The fraction of sp³-hybridized carbons (Fsp3) is 0.846. The van der Waals surface area contributed by atoms with E-state index in [1.54, 1.807) is 13.8 Å². The summed E-state index contributed by atoms with van der Waals surface area (Å²) in [5.41, 5.74) is -0.257. The van der Waals surface area contributed by atoms with E-state index in [9.17, 15) is 9.59 Å². The largest absolute Gasteiger partial charge is 0.352 e. The molecule has 0 spiro atoms. The molecule has 5 nitrogen and oxygen atoms in total. The summed E-state index contributed by atoms with van der Waals surface area (Å²) < 4.78 is 0. The van der Waals surface area contributed by atoms with Gasteiger partial charge in [0, 0.05) is 11.6 Å². The molecule has 2 atom stereocenters. The van der Waals surface area contributed by atoms with Crippen molar-refractivity contribution in [2.45, 2.75) is 71.1 Å². The summed E-state index contributed by atoms with van der Waals surface area (Å²) in [6, 6.07) is -0.393. The Morgan fingerprint density at radius 3 is 2.00 bits per heavy atom. The van der Waals surface area contributed by atoms with E-state index < -0.39 is 0 Å². The average molecular weight is 255 g/mol. The predicted molar refractivity (Wildman–Crippen MR) is 71.1 cm³/mol. The molecule has 0 saturated heterocycles. The van der Waals surface area contributed by atoms with E-state index >= 15 is 0 Å². The highest BCUT2D eigenvalue weighted by Crippen LogP contribution is 2.18. The second kappa shape index (κ2) is 5.69. The minimum atomic E-state index is -0.385. The zero-order valence-corrected chi connectivity index (χ0v) is 12.0. The Kier molecular flexibility index (Phi) is 4.73. The van der Waals surface area contributed by atoms with Crippen LogP contribution in [0.5, 0.6) is 0 Å². The van der Waals surface area contributed by atoms with Crippen LogP contribution >= 0.6 is 0 Å². The molecule has 0 bridgehead atoms. The Morgan fingerprint density at radius 1 is 1.06 bits per heavy atom. The lowest BCUT2D eigenvalue weighted by Crippen LogP contribution is -2.54. The van der Waals surface area contributed by atoms with Crippen molar-refractivity contribution in [3.63, 3.8) is 0 Å². The molecule has 0 aromatic carbocycles. The monoisotopic (exact) mass is 255 g/mol. The molecule has 0 heterocycles. The fourth-order valence-corrected chi connectivity index (χ4v) is 1.56. The van der Waals surface area contributed by atoms with Gasteiger partial charge < -0.3 is 10.6 Å². The molecule has 1 fully saturated rings. The molecule has 18 heavy (non-hydrogen) atoms. The van der Waals surface area contributed by atoms with Crippen molar-refractivity contribution >= 4 is 11.8 Å². The Morgan fingerprint density at radius 2 is 1.56 bits per heavy atom. The van der Waals surface area contributed by atoms with E-state index in [1.165, 1.54) is 0 Å². The van der Waals surface area contributed by atoms with E-state index in [0.29, 0.717) is 6.04 Å². The van der Waals surface area contributed by atoms with Crippen LogP contribution in [0.3, 0.4) is 0 Å². The first-order valence-corrected chi connectivity index (χ1v) is 6.57. The summed E-state index contributed by atoms with van der Waals surface area (Å²) in [6.45, 7) is 9.34. The molecule has 3 N–H and O–H groups in total.